The first kappa shape index (κ1) is 13.4. The van der Waals surface area contributed by atoms with Crippen molar-refractivity contribution in [2.75, 3.05) is 13.3 Å². The fourth-order valence-electron chi connectivity index (χ4n) is 3.14. The lowest BCUT2D eigenvalue weighted by atomic mass is 9.90. The largest absolute Gasteiger partial charge is 0.454 e. The number of benzene rings is 2. The molecular formula is C19H19NO2. The maximum atomic E-state index is 5.47. The normalized spacial score (nSPS) is 15.5. The van der Waals surface area contributed by atoms with Crippen molar-refractivity contribution < 1.29 is 9.47 Å². The Balaban J connectivity index is 1.67. The van der Waals surface area contributed by atoms with Crippen molar-refractivity contribution in [3.63, 3.8) is 0 Å². The van der Waals surface area contributed by atoms with E-state index in [0.717, 1.165) is 30.9 Å². The predicted octanol–water partition coefficient (Wildman–Crippen LogP) is 3.62. The summed E-state index contributed by atoms with van der Waals surface area (Å²) in [7, 11) is 0. The van der Waals surface area contributed by atoms with Gasteiger partial charge in [0.1, 0.15) is 0 Å². The average molecular weight is 293 g/mol. The van der Waals surface area contributed by atoms with Gasteiger partial charge in [0.2, 0.25) is 6.79 Å². The lowest BCUT2D eigenvalue weighted by molar-refractivity contribution is 0.174. The maximum absolute atomic E-state index is 5.47. The van der Waals surface area contributed by atoms with Crippen LogP contribution in [0.4, 0.5) is 0 Å². The summed E-state index contributed by atoms with van der Waals surface area (Å²) in [6.45, 7) is 5.55. The first-order valence-corrected chi connectivity index (χ1v) is 7.73. The lowest BCUT2D eigenvalue weighted by Crippen LogP contribution is -2.16. The van der Waals surface area contributed by atoms with Gasteiger partial charge in [0, 0.05) is 18.7 Å². The molecule has 3 nitrogen and oxygen atoms in total. The van der Waals surface area contributed by atoms with Crippen LogP contribution in [0, 0.1) is 13.8 Å². The van der Waals surface area contributed by atoms with Gasteiger partial charge in [-0.05, 0) is 66.3 Å². The van der Waals surface area contributed by atoms with Crippen molar-refractivity contribution in [3.8, 4) is 11.5 Å². The molecular weight excluding hydrogens is 274 g/mol. The van der Waals surface area contributed by atoms with Crippen molar-refractivity contribution in [1.29, 1.82) is 0 Å². The van der Waals surface area contributed by atoms with E-state index in [1.54, 1.807) is 0 Å². The van der Waals surface area contributed by atoms with E-state index in [-0.39, 0.29) is 0 Å². The van der Waals surface area contributed by atoms with Crippen LogP contribution in [-0.4, -0.2) is 19.0 Å². The van der Waals surface area contributed by atoms with Crippen molar-refractivity contribution in [1.82, 2.24) is 0 Å². The molecule has 2 aromatic rings. The van der Waals surface area contributed by atoms with Gasteiger partial charge in [0.25, 0.3) is 0 Å². The molecule has 0 aliphatic carbocycles. The Morgan fingerprint density at radius 1 is 1.00 bits per heavy atom. The van der Waals surface area contributed by atoms with Crippen LogP contribution in [0.5, 0.6) is 11.5 Å². The van der Waals surface area contributed by atoms with E-state index >= 15 is 0 Å². The van der Waals surface area contributed by atoms with Crippen LogP contribution in [0.2, 0.25) is 0 Å². The number of aryl methyl sites for hydroxylation is 2. The van der Waals surface area contributed by atoms with Crippen LogP contribution in [0.1, 0.15) is 27.8 Å². The molecule has 0 saturated carbocycles. The highest BCUT2D eigenvalue weighted by Crippen LogP contribution is 2.33. The summed E-state index contributed by atoms with van der Waals surface area (Å²) in [4.78, 5) is 4.77. The third kappa shape index (κ3) is 2.27. The number of aliphatic imine (C=N–C) groups is 1. The molecule has 3 heteroatoms. The van der Waals surface area contributed by atoms with Gasteiger partial charge >= 0.3 is 0 Å². The smallest absolute Gasteiger partial charge is 0.231 e. The van der Waals surface area contributed by atoms with Gasteiger partial charge < -0.3 is 9.47 Å². The fourth-order valence-corrected chi connectivity index (χ4v) is 3.14. The van der Waals surface area contributed by atoms with Crippen molar-refractivity contribution in [3.05, 3.63) is 58.1 Å². The second kappa shape index (κ2) is 5.16. The summed E-state index contributed by atoms with van der Waals surface area (Å²) in [5.41, 5.74) is 7.83. The van der Waals surface area contributed by atoms with Crippen molar-refractivity contribution >= 4 is 5.71 Å². The summed E-state index contributed by atoms with van der Waals surface area (Å²) in [6.07, 6.45) is 1.88. The Morgan fingerprint density at radius 2 is 1.82 bits per heavy atom. The number of ether oxygens (including phenoxy) is 2. The van der Waals surface area contributed by atoms with Crippen LogP contribution in [-0.2, 0) is 12.8 Å². The van der Waals surface area contributed by atoms with Gasteiger partial charge in [0.05, 0.1) is 0 Å². The molecule has 2 aliphatic rings. The molecule has 0 unspecified atom stereocenters. The van der Waals surface area contributed by atoms with Gasteiger partial charge in [-0.3, -0.25) is 4.99 Å². The van der Waals surface area contributed by atoms with Crippen LogP contribution in [0.3, 0.4) is 0 Å². The summed E-state index contributed by atoms with van der Waals surface area (Å²) in [5, 5.41) is 0. The highest BCUT2D eigenvalue weighted by molar-refractivity contribution is 6.04. The Hall–Kier alpha value is -2.29. The molecule has 0 aromatic heterocycles. The molecule has 2 heterocycles. The first-order chi connectivity index (χ1) is 10.7. The van der Waals surface area contributed by atoms with Gasteiger partial charge in [0.15, 0.2) is 11.5 Å². The van der Waals surface area contributed by atoms with Crippen molar-refractivity contribution in [2.24, 2.45) is 4.99 Å². The minimum atomic E-state index is 0.320. The molecule has 0 bridgehead atoms. The molecule has 0 saturated heterocycles. The minimum absolute atomic E-state index is 0.320. The third-order valence-electron chi connectivity index (χ3n) is 4.52. The number of fused-ring (bicyclic) bond motifs is 2. The Labute approximate surface area is 130 Å². The number of rotatable bonds is 2. The van der Waals surface area contributed by atoms with E-state index in [2.05, 4.69) is 38.1 Å². The van der Waals surface area contributed by atoms with Crippen LogP contribution in [0.15, 0.2) is 35.3 Å². The van der Waals surface area contributed by atoms with Crippen molar-refractivity contribution in [2.45, 2.75) is 26.7 Å². The zero-order valence-electron chi connectivity index (χ0n) is 13.0. The predicted molar refractivity (Wildman–Crippen MR) is 87.3 cm³/mol. The van der Waals surface area contributed by atoms with Crippen LogP contribution in [0.25, 0.3) is 0 Å². The summed E-state index contributed by atoms with van der Waals surface area (Å²) >= 11 is 0. The zero-order chi connectivity index (χ0) is 15.1. The van der Waals surface area contributed by atoms with E-state index in [1.165, 1.54) is 33.5 Å². The molecule has 0 spiro atoms. The van der Waals surface area contributed by atoms with Gasteiger partial charge in [-0.25, -0.2) is 0 Å². The fraction of sp³-hybridized carbons (Fsp3) is 0.316. The standard InChI is InChI=1S/C19H19NO2/c1-12-7-15-5-6-20-17(16(15)8-13(12)2)9-14-3-4-18-19(10-14)22-11-21-18/h3-4,7-8,10H,5-6,9,11H2,1-2H3. The number of hydrogen-bond donors (Lipinski definition) is 0. The van der Waals surface area contributed by atoms with E-state index in [9.17, 15) is 0 Å². The highest BCUT2D eigenvalue weighted by atomic mass is 16.7. The molecule has 2 aliphatic heterocycles. The summed E-state index contributed by atoms with van der Waals surface area (Å²) in [6, 6.07) is 10.8. The molecule has 4 rings (SSSR count). The molecule has 0 fully saturated rings. The Bertz CT molecular complexity index is 777. The molecule has 0 radical (unpaired) electrons. The lowest BCUT2D eigenvalue weighted by Gasteiger charge is -2.19. The van der Waals surface area contributed by atoms with E-state index in [0.29, 0.717) is 6.79 Å². The molecule has 0 atom stereocenters. The SMILES string of the molecule is Cc1cc2c(cc1C)C(Cc1ccc3c(c1)OCO3)=NCC2. The minimum Gasteiger partial charge on any atom is -0.454 e. The van der Waals surface area contributed by atoms with Crippen LogP contribution < -0.4 is 9.47 Å². The highest BCUT2D eigenvalue weighted by Gasteiger charge is 2.18. The number of nitrogens with zero attached hydrogens (tertiary/aromatic N) is 1. The Kier molecular flexibility index (Phi) is 3.14. The second-order valence-corrected chi connectivity index (χ2v) is 6.04. The molecule has 22 heavy (non-hydrogen) atoms. The van der Waals surface area contributed by atoms with E-state index < -0.39 is 0 Å². The maximum Gasteiger partial charge on any atom is 0.231 e. The summed E-state index contributed by atoms with van der Waals surface area (Å²) < 4.78 is 10.8. The molecule has 0 amide bonds. The van der Waals surface area contributed by atoms with Gasteiger partial charge in [-0.2, -0.15) is 0 Å². The molecule has 0 N–H and O–H groups in total. The second-order valence-electron chi connectivity index (χ2n) is 6.04. The average Bonchev–Trinajstić information content (AvgIpc) is 2.97. The monoisotopic (exact) mass is 293 g/mol. The van der Waals surface area contributed by atoms with Crippen LogP contribution >= 0.6 is 0 Å². The molecule has 112 valence electrons. The topological polar surface area (TPSA) is 30.8 Å². The van der Waals surface area contributed by atoms with E-state index in [1.807, 2.05) is 6.07 Å². The number of hydrogen-bond acceptors (Lipinski definition) is 3. The first-order valence-electron chi connectivity index (χ1n) is 7.73. The summed E-state index contributed by atoms with van der Waals surface area (Å²) in [5.74, 6) is 1.68. The third-order valence-corrected chi connectivity index (χ3v) is 4.52. The quantitative estimate of drug-likeness (QED) is 0.846. The Morgan fingerprint density at radius 3 is 2.73 bits per heavy atom. The van der Waals surface area contributed by atoms with E-state index in [4.69, 9.17) is 14.5 Å². The van der Waals surface area contributed by atoms with Gasteiger partial charge in [-0.1, -0.05) is 12.1 Å². The molecule has 2 aromatic carbocycles. The zero-order valence-corrected chi connectivity index (χ0v) is 13.0. The van der Waals surface area contributed by atoms with Gasteiger partial charge in [-0.15, -0.1) is 0 Å².